The third-order valence-corrected chi connectivity index (χ3v) is 4.52. The highest BCUT2D eigenvalue weighted by atomic mass is 19.2. The Morgan fingerprint density at radius 2 is 1.92 bits per heavy atom. The standard InChI is InChI=1S/C16H18F2N2O4/c1-23-9-16(2-4-24-5-3-16)8-20-14(21)10-6-11(17)12(18)7-13(10)19-15(20)22/h6-7H,2-5,8-9H2,1H3,(H,19,22). The van der Waals surface area contributed by atoms with Gasteiger partial charge in [-0.05, 0) is 18.9 Å². The van der Waals surface area contributed by atoms with Crippen LogP contribution in [0.4, 0.5) is 8.78 Å². The topological polar surface area (TPSA) is 73.3 Å². The number of aromatic amines is 1. The van der Waals surface area contributed by atoms with E-state index in [0.29, 0.717) is 32.7 Å². The van der Waals surface area contributed by atoms with Crippen molar-refractivity contribution in [3.63, 3.8) is 0 Å². The van der Waals surface area contributed by atoms with Crippen LogP contribution >= 0.6 is 0 Å². The van der Waals surface area contributed by atoms with Crippen LogP contribution < -0.4 is 11.2 Å². The lowest BCUT2D eigenvalue weighted by atomic mass is 9.81. The van der Waals surface area contributed by atoms with Crippen LogP contribution in [0, 0.1) is 17.0 Å². The molecule has 0 amide bonds. The van der Waals surface area contributed by atoms with Gasteiger partial charge in [0, 0.05) is 38.3 Å². The highest BCUT2D eigenvalue weighted by Crippen LogP contribution is 2.32. The average Bonchev–Trinajstić information content (AvgIpc) is 2.55. The summed E-state index contributed by atoms with van der Waals surface area (Å²) in [5, 5.41) is -0.0619. The lowest BCUT2D eigenvalue weighted by Gasteiger charge is -2.36. The summed E-state index contributed by atoms with van der Waals surface area (Å²) in [4.78, 5) is 27.3. The third-order valence-electron chi connectivity index (χ3n) is 4.52. The zero-order valence-corrected chi connectivity index (χ0v) is 13.2. The first-order valence-corrected chi connectivity index (χ1v) is 7.64. The van der Waals surface area contributed by atoms with Gasteiger partial charge in [-0.15, -0.1) is 0 Å². The third kappa shape index (κ3) is 2.99. The molecule has 2 aromatic rings. The van der Waals surface area contributed by atoms with Gasteiger partial charge >= 0.3 is 5.69 Å². The van der Waals surface area contributed by atoms with E-state index in [2.05, 4.69) is 4.98 Å². The molecule has 0 unspecified atom stereocenters. The smallest absolute Gasteiger partial charge is 0.328 e. The molecule has 1 fully saturated rings. The summed E-state index contributed by atoms with van der Waals surface area (Å²) in [5.41, 5.74) is -1.72. The minimum absolute atomic E-state index is 0.0204. The second-order valence-corrected chi connectivity index (χ2v) is 6.18. The van der Waals surface area contributed by atoms with Gasteiger partial charge in [0.1, 0.15) is 0 Å². The van der Waals surface area contributed by atoms with Crippen LogP contribution in [0.2, 0.25) is 0 Å². The number of H-pyrrole nitrogens is 1. The second kappa shape index (κ2) is 6.45. The van der Waals surface area contributed by atoms with Gasteiger partial charge in [0.05, 0.1) is 17.5 Å². The van der Waals surface area contributed by atoms with Crippen LogP contribution in [-0.2, 0) is 16.0 Å². The molecule has 0 saturated carbocycles. The Morgan fingerprint density at radius 1 is 1.25 bits per heavy atom. The molecule has 3 rings (SSSR count). The van der Waals surface area contributed by atoms with Gasteiger partial charge in [-0.3, -0.25) is 9.36 Å². The highest BCUT2D eigenvalue weighted by Gasteiger charge is 2.34. The van der Waals surface area contributed by atoms with Crippen molar-refractivity contribution in [3.05, 3.63) is 44.6 Å². The molecule has 1 saturated heterocycles. The molecule has 0 atom stereocenters. The van der Waals surface area contributed by atoms with E-state index >= 15 is 0 Å². The lowest BCUT2D eigenvalue weighted by Crippen LogP contribution is -2.45. The molecule has 6 nitrogen and oxygen atoms in total. The molecule has 8 heteroatoms. The van der Waals surface area contributed by atoms with Crippen molar-refractivity contribution in [1.29, 1.82) is 0 Å². The first-order chi connectivity index (χ1) is 11.5. The molecule has 24 heavy (non-hydrogen) atoms. The first-order valence-electron chi connectivity index (χ1n) is 7.64. The first kappa shape index (κ1) is 16.8. The van der Waals surface area contributed by atoms with Gasteiger partial charge in [0.2, 0.25) is 0 Å². The monoisotopic (exact) mass is 340 g/mol. The van der Waals surface area contributed by atoms with E-state index in [9.17, 15) is 18.4 Å². The Morgan fingerprint density at radius 3 is 2.58 bits per heavy atom. The minimum Gasteiger partial charge on any atom is -0.384 e. The molecule has 130 valence electrons. The SMILES string of the molecule is COCC1(Cn2c(=O)[nH]c3cc(F)c(F)cc3c2=O)CCOCC1. The molecule has 1 aromatic heterocycles. The normalized spacial score (nSPS) is 17.3. The van der Waals surface area contributed by atoms with Crippen molar-refractivity contribution in [3.8, 4) is 0 Å². The van der Waals surface area contributed by atoms with Gasteiger partial charge in [0.15, 0.2) is 11.6 Å². The van der Waals surface area contributed by atoms with Gasteiger partial charge in [0.25, 0.3) is 5.56 Å². The van der Waals surface area contributed by atoms with Gasteiger partial charge in [-0.25, -0.2) is 13.6 Å². The van der Waals surface area contributed by atoms with Gasteiger partial charge in [-0.2, -0.15) is 0 Å². The van der Waals surface area contributed by atoms with Crippen LogP contribution in [0.5, 0.6) is 0 Å². The van der Waals surface area contributed by atoms with E-state index in [1.807, 2.05) is 0 Å². The average molecular weight is 340 g/mol. The van der Waals surface area contributed by atoms with Crippen LogP contribution in [0.3, 0.4) is 0 Å². The molecule has 1 aliphatic heterocycles. The van der Waals surface area contributed by atoms with Crippen LogP contribution in [-0.4, -0.2) is 36.5 Å². The van der Waals surface area contributed by atoms with E-state index in [-0.39, 0.29) is 17.4 Å². The number of nitrogens with one attached hydrogen (secondary N) is 1. The maximum atomic E-state index is 13.5. The Kier molecular flexibility index (Phi) is 4.51. The molecule has 1 aliphatic rings. The largest absolute Gasteiger partial charge is 0.384 e. The van der Waals surface area contributed by atoms with Crippen molar-refractivity contribution in [2.45, 2.75) is 19.4 Å². The molecule has 0 aliphatic carbocycles. The summed E-state index contributed by atoms with van der Waals surface area (Å²) in [6.45, 7) is 1.54. The maximum Gasteiger partial charge on any atom is 0.328 e. The minimum atomic E-state index is -1.13. The van der Waals surface area contributed by atoms with Crippen LogP contribution in [0.1, 0.15) is 12.8 Å². The zero-order valence-electron chi connectivity index (χ0n) is 13.2. The van der Waals surface area contributed by atoms with E-state index in [1.165, 1.54) is 0 Å². The van der Waals surface area contributed by atoms with Crippen molar-refractivity contribution in [1.82, 2.24) is 9.55 Å². The predicted octanol–water partition coefficient (Wildman–Crippen LogP) is 1.41. The summed E-state index contributed by atoms with van der Waals surface area (Å²) in [6.07, 6.45) is 1.28. The quantitative estimate of drug-likeness (QED) is 0.913. The summed E-state index contributed by atoms with van der Waals surface area (Å²) in [7, 11) is 1.56. The molecule has 2 heterocycles. The Balaban J connectivity index is 2.10. The number of hydrogen-bond donors (Lipinski definition) is 1. The van der Waals surface area contributed by atoms with Gasteiger partial charge < -0.3 is 14.5 Å². The summed E-state index contributed by atoms with van der Waals surface area (Å²) in [5.74, 6) is -2.24. The fourth-order valence-corrected chi connectivity index (χ4v) is 3.19. The second-order valence-electron chi connectivity index (χ2n) is 6.18. The number of aromatic nitrogens is 2. The summed E-state index contributed by atoms with van der Waals surface area (Å²) >= 11 is 0. The van der Waals surface area contributed by atoms with Crippen LogP contribution in [0.15, 0.2) is 21.7 Å². The predicted molar refractivity (Wildman–Crippen MR) is 83.1 cm³/mol. The van der Waals surface area contributed by atoms with Crippen molar-refractivity contribution in [2.75, 3.05) is 26.9 Å². The fourth-order valence-electron chi connectivity index (χ4n) is 3.19. The van der Waals surface area contributed by atoms with E-state index < -0.39 is 28.3 Å². The summed E-state index contributed by atoms with van der Waals surface area (Å²) < 4.78 is 38.4. The Hall–Kier alpha value is -2.06. The number of ether oxygens (including phenoxy) is 2. The molecule has 1 aromatic carbocycles. The molecular weight excluding hydrogens is 322 g/mol. The lowest BCUT2D eigenvalue weighted by molar-refractivity contribution is -0.0375. The molecule has 0 radical (unpaired) electrons. The number of halogens is 2. The molecular formula is C16H18F2N2O4. The number of hydrogen-bond acceptors (Lipinski definition) is 4. The molecule has 0 spiro atoms. The van der Waals surface area contributed by atoms with Gasteiger partial charge in [-0.1, -0.05) is 0 Å². The van der Waals surface area contributed by atoms with E-state index in [4.69, 9.17) is 9.47 Å². The maximum absolute atomic E-state index is 13.5. The molecule has 0 bridgehead atoms. The van der Waals surface area contributed by atoms with E-state index in [1.54, 1.807) is 7.11 Å². The van der Waals surface area contributed by atoms with Crippen molar-refractivity contribution in [2.24, 2.45) is 5.41 Å². The Bertz CT molecular complexity index is 863. The molecule has 1 N–H and O–H groups in total. The number of methoxy groups -OCH3 is 1. The number of nitrogens with zero attached hydrogens (tertiary/aromatic N) is 1. The van der Waals surface area contributed by atoms with Crippen molar-refractivity contribution >= 4 is 10.9 Å². The zero-order chi connectivity index (χ0) is 17.3. The van der Waals surface area contributed by atoms with Crippen LogP contribution in [0.25, 0.3) is 10.9 Å². The fraction of sp³-hybridized carbons (Fsp3) is 0.500. The number of benzene rings is 1. The number of fused-ring (bicyclic) bond motifs is 1. The highest BCUT2D eigenvalue weighted by molar-refractivity contribution is 5.77. The number of rotatable bonds is 4. The Labute approximate surface area is 136 Å². The van der Waals surface area contributed by atoms with E-state index in [0.717, 1.165) is 16.7 Å². The summed E-state index contributed by atoms with van der Waals surface area (Å²) in [6, 6.07) is 1.63. The van der Waals surface area contributed by atoms with Crippen molar-refractivity contribution < 1.29 is 18.3 Å².